The van der Waals surface area contributed by atoms with Crippen LogP contribution in [0.25, 0.3) is 0 Å². The molecule has 0 aliphatic heterocycles. The van der Waals surface area contributed by atoms with Crippen molar-refractivity contribution < 1.29 is 9.47 Å². The number of halogens is 1. The van der Waals surface area contributed by atoms with Crippen molar-refractivity contribution in [3.05, 3.63) is 29.8 Å². The monoisotopic (exact) mass is 314 g/mol. The van der Waals surface area contributed by atoms with E-state index in [0.717, 1.165) is 23.2 Å². The van der Waals surface area contributed by atoms with Gasteiger partial charge in [-0.15, -0.1) is 0 Å². The Labute approximate surface area is 119 Å². The Hall–Kier alpha value is -0.540. The van der Waals surface area contributed by atoms with Crippen LogP contribution in [0.3, 0.4) is 0 Å². The van der Waals surface area contributed by atoms with Crippen molar-refractivity contribution in [1.29, 1.82) is 0 Å². The number of alkyl halides is 1. The highest BCUT2D eigenvalue weighted by molar-refractivity contribution is 9.09. The van der Waals surface area contributed by atoms with E-state index in [1.165, 1.54) is 12.8 Å². The molecule has 0 amide bonds. The molecule has 1 rings (SSSR count). The zero-order valence-corrected chi connectivity index (χ0v) is 13.1. The predicted molar refractivity (Wildman–Crippen MR) is 79.6 cm³/mol. The first-order chi connectivity index (χ1) is 8.71. The maximum atomic E-state index is 5.99. The third kappa shape index (κ3) is 4.99. The summed E-state index contributed by atoms with van der Waals surface area (Å²) in [5.41, 5.74) is 1.16. The molecular weight excluding hydrogens is 292 g/mol. The van der Waals surface area contributed by atoms with Gasteiger partial charge in [0.2, 0.25) is 0 Å². The van der Waals surface area contributed by atoms with E-state index in [2.05, 4.69) is 35.8 Å². The molecule has 0 aromatic heterocycles. The highest BCUT2D eigenvalue weighted by Gasteiger charge is 2.13. The van der Waals surface area contributed by atoms with Gasteiger partial charge in [-0.25, -0.2) is 0 Å². The van der Waals surface area contributed by atoms with Crippen molar-refractivity contribution in [2.45, 2.75) is 32.8 Å². The summed E-state index contributed by atoms with van der Waals surface area (Å²) in [6.45, 7) is 5.25. The molecule has 102 valence electrons. The minimum absolute atomic E-state index is 0.0967. The van der Waals surface area contributed by atoms with Crippen molar-refractivity contribution >= 4 is 15.9 Å². The van der Waals surface area contributed by atoms with E-state index >= 15 is 0 Å². The third-order valence-corrected chi connectivity index (χ3v) is 3.56. The summed E-state index contributed by atoms with van der Waals surface area (Å²) in [5, 5.41) is 0.805. The fraction of sp³-hybridized carbons (Fsp3) is 0.600. The highest BCUT2D eigenvalue weighted by atomic mass is 79.9. The van der Waals surface area contributed by atoms with Crippen LogP contribution in [0.4, 0.5) is 0 Å². The lowest BCUT2D eigenvalue weighted by Gasteiger charge is -2.19. The van der Waals surface area contributed by atoms with E-state index in [9.17, 15) is 0 Å². The van der Waals surface area contributed by atoms with Gasteiger partial charge in [0.05, 0.1) is 13.2 Å². The molecule has 3 heteroatoms. The molecule has 0 spiro atoms. The molecule has 0 radical (unpaired) electrons. The molecule has 18 heavy (non-hydrogen) atoms. The second kappa shape index (κ2) is 8.54. The Morgan fingerprint density at radius 2 is 2.11 bits per heavy atom. The summed E-state index contributed by atoms with van der Waals surface area (Å²) in [6.07, 6.45) is 2.52. The van der Waals surface area contributed by atoms with Crippen molar-refractivity contribution in [3.8, 4) is 5.75 Å². The van der Waals surface area contributed by atoms with Gasteiger partial charge in [0, 0.05) is 11.9 Å². The average Bonchev–Trinajstić information content (AvgIpc) is 2.40. The van der Waals surface area contributed by atoms with Gasteiger partial charge in [-0.2, -0.15) is 0 Å². The number of rotatable bonds is 8. The molecule has 2 nitrogen and oxygen atoms in total. The summed E-state index contributed by atoms with van der Waals surface area (Å²) in [5.74, 6) is 1.49. The first-order valence-electron chi connectivity index (χ1n) is 6.52. The molecule has 0 saturated heterocycles. The Morgan fingerprint density at radius 3 is 2.72 bits per heavy atom. The quantitative estimate of drug-likeness (QED) is 0.654. The standard InChI is InChI=1S/C15H23BrO2/c1-4-6-12(2)11-18-15(10-16)13-7-5-8-14(9-13)17-3/h5,7-9,12,15H,4,6,10-11H2,1-3H3. The number of hydrogen-bond donors (Lipinski definition) is 0. The molecule has 0 aliphatic rings. The van der Waals surface area contributed by atoms with Crippen molar-refractivity contribution in [2.75, 3.05) is 19.0 Å². The number of ether oxygens (including phenoxy) is 2. The van der Waals surface area contributed by atoms with Crippen molar-refractivity contribution in [2.24, 2.45) is 5.92 Å². The fourth-order valence-corrected chi connectivity index (χ4v) is 2.49. The Balaban J connectivity index is 2.59. The van der Waals surface area contributed by atoms with Gasteiger partial charge in [0.15, 0.2) is 0 Å². The van der Waals surface area contributed by atoms with Crippen LogP contribution in [-0.4, -0.2) is 19.0 Å². The lowest BCUT2D eigenvalue weighted by Crippen LogP contribution is -2.12. The van der Waals surface area contributed by atoms with Crippen LogP contribution < -0.4 is 4.74 Å². The molecular formula is C15H23BrO2. The smallest absolute Gasteiger partial charge is 0.119 e. The number of benzene rings is 1. The van der Waals surface area contributed by atoms with E-state index in [1.54, 1.807) is 7.11 Å². The molecule has 0 fully saturated rings. The van der Waals surface area contributed by atoms with Gasteiger partial charge >= 0.3 is 0 Å². The molecule has 0 bridgehead atoms. The summed E-state index contributed by atoms with van der Waals surface area (Å²) < 4.78 is 11.2. The number of methoxy groups -OCH3 is 1. The Bertz CT molecular complexity index is 341. The molecule has 2 unspecified atom stereocenters. The molecule has 0 heterocycles. The van der Waals surface area contributed by atoms with Gasteiger partial charge in [0.25, 0.3) is 0 Å². The summed E-state index contributed by atoms with van der Waals surface area (Å²) in [4.78, 5) is 0. The van der Waals surface area contributed by atoms with E-state index in [-0.39, 0.29) is 6.10 Å². The van der Waals surface area contributed by atoms with E-state index in [4.69, 9.17) is 9.47 Å². The maximum absolute atomic E-state index is 5.99. The Morgan fingerprint density at radius 1 is 1.33 bits per heavy atom. The van der Waals surface area contributed by atoms with Crippen LogP contribution in [-0.2, 0) is 4.74 Å². The average molecular weight is 315 g/mol. The second-order valence-corrected chi connectivity index (χ2v) is 5.29. The topological polar surface area (TPSA) is 18.5 Å². The van der Waals surface area contributed by atoms with Crippen LogP contribution in [0.2, 0.25) is 0 Å². The third-order valence-electron chi connectivity index (χ3n) is 2.97. The van der Waals surface area contributed by atoms with E-state index in [1.807, 2.05) is 18.2 Å². The summed E-state index contributed by atoms with van der Waals surface area (Å²) in [6, 6.07) is 8.08. The van der Waals surface area contributed by atoms with Crippen LogP contribution in [0.15, 0.2) is 24.3 Å². The normalized spacial score (nSPS) is 14.2. The minimum atomic E-state index is 0.0967. The maximum Gasteiger partial charge on any atom is 0.119 e. The van der Waals surface area contributed by atoms with Crippen LogP contribution >= 0.6 is 15.9 Å². The molecule has 0 saturated carbocycles. The van der Waals surface area contributed by atoms with Crippen LogP contribution in [0, 0.1) is 5.92 Å². The Kier molecular flexibility index (Phi) is 7.36. The molecule has 2 atom stereocenters. The molecule has 0 aliphatic carbocycles. The van der Waals surface area contributed by atoms with Gasteiger partial charge in [-0.3, -0.25) is 0 Å². The van der Waals surface area contributed by atoms with Crippen LogP contribution in [0.5, 0.6) is 5.75 Å². The predicted octanol–water partition coefficient (Wildman–Crippen LogP) is 4.58. The minimum Gasteiger partial charge on any atom is -0.497 e. The van der Waals surface area contributed by atoms with E-state index < -0.39 is 0 Å². The van der Waals surface area contributed by atoms with Gasteiger partial charge < -0.3 is 9.47 Å². The first kappa shape index (κ1) is 15.5. The largest absolute Gasteiger partial charge is 0.497 e. The summed E-state index contributed by atoms with van der Waals surface area (Å²) in [7, 11) is 1.69. The number of hydrogen-bond acceptors (Lipinski definition) is 2. The molecule has 0 N–H and O–H groups in total. The van der Waals surface area contributed by atoms with Crippen LogP contribution in [0.1, 0.15) is 38.4 Å². The van der Waals surface area contributed by atoms with Gasteiger partial charge in [0.1, 0.15) is 5.75 Å². The lowest BCUT2D eigenvalue weighted by molar-refractivity contribution is 0.0447. The van der Waals surface area contributed by atoms with Gasteiger partial charge in [-0.05, 0) is 30.0 Å². The van der Waals surface area contributed by atoms with Crippen molar-refractivity contribution in [3.63, 3.8) is 0 Å². The lowest BCUT2D eigenvalue weighted by atomic mass is 10.1. The fourth-order valence-electron chi connectivity index (χ4n) is 1.93. The SMILES string of the molecule is CCCC(C)COC(CBr)c1cccc(OC)c1. The van der Waals surface area contributed by atoms with E-state index in [0.29, 0.717) is 5.92 Å². The highest BCUT2D eigenvalue weighted by Crippen LogP contribution is 2.24. The second-order valence-electron chi connectivity index (χ2n) is 4.65. The summed E-state index contributed by atoms with van der Waals surface area (Å²) >= 11 is 3.52. The first-order valence-corrected chi connectivity index (χ1v) is 7.64. The molecule has 1 aromatic rings. The van der Waals surface area contributed by atoms with Gasteiger partial charge in [-0.1, -0.05) is 48.3 Å². The van der Waals surface area contributed by atoms with Crippen molar-refractivity contribution in [1.82, 2.24) is 0 Å². The zero-order valence-electron chi connectivity index (χ0n) is 11.5. The zero-order chi connectivity index (χ0) is 13.4. The molecule has 1 aromatic carbocycles.